The fourth-order valence-electron chi connectivity index (χ4n) is 1.86. The summed E-state index contributed by atoms with van der Waals surface area (Å²) in [5.41, 5.74) is 0.686. The molecule has 0 spiro atoms. The number of hydrogen-bond donors (Lipinski definition) is 1. The predicted molar refractivity (Wildman–Crippen MR) is 81.0 cm³/mol. The average Bonchev–Trinajstić information content (AvgIpc) is 3.19. The summed E-state index contributed by atoms with van der Waals surface area (Å²) in [7, 11) is 1.55. The number of alkyl halides is 3. The van der Waals surface area contributed by atoms with Crippen LogP contribution in [0.1, 0.15) is 11.6 Å². The third-order valence-electron chi connectivity index (χ3n) is 3.05. The van der Waals surface area contributed by atoms with Crippen molar-refractivity contribution < 1.29 is 22.4 Å². The molecular formula is C13H11F3N6O2S. The minimum absolute atomic E-state index is 0.108. The van der Waals surface area contributed by atoms with E-state index in [0.29, 0.717) is 16.0 Å². The number of ether oxygens (including phenoxy) is 1. The molecule has 0 saturated carbocycles. The van der Waals surface area contributed by atoms with E-state index < -0.39 is 12.0 Å². The van der Waals surface area contributed by atoms with Gasteiger partial charge in [-0.2, -0.15) is 18.2 Å². The lowest BCUT2D eigenvalue weighted by Crippen LogP contribution is -2.21. The van der Waals surface area contributed by atoms with Crippen molar-refractivity contribution in [1.82, 2.24) is 25.0 Å². The first-order chi connectivity index (χ1) is 11.9. The summed E-state index contributed by atoms with van der Waals surface area (Å²) in [5, 5.41) is 10.1. The molecule has 0 unspecified atom stereocenters. The Hall–Kier alpha value is -2.76. The van der Waals surface area contributed by atoms with Crippen LogP contribution in [0, 0.1) is 0 Å². The van der Waals surface area contributed by atoms with E-state index in [1.165, 1.54) is 0 Å². The Morgan fingerprint density at radius 3 is 2.56 bits per heavy atom. The number of benzene rings is 1. The molecule has 2 N–H and O–H groups in total. The maximum absolute atomic E-state index is 12.6. The summed E-state index contributed by atoms with van der Waals surface area (Å²) in [6, 6.07) is 6.97. The third kappa shape index (κ3) is 3.68. The minimum Gasteiger partial charge on any atom is -0.497 e. The van der Waals surface area contributed by atoms with Crippen LogP contribution in [0.2, 0.25) is 0 Å². The van der Waals surface area contributed by atoms with Crippen LogP contribution >= 0.6 is 11.8 Å². The van der Waals surface area contributed by atoms with E-state index in [1.54, 1.807) is 31.4 Å². The average molecular weight is 372 g/mol. The molecule has 3 rings (SSSR count). The fourth-order valence-corrected chi connectivity index (χ4v) is 2.56. The zero-order valence-electron chi connectivity index (χ0n) is 12.7. The van der Waals surface area contributed by atoms with Gasteiger partial charge in [0.2, 0.25) is 5.16 Å². The molecular weight excluding hydrogens is 361 g/mol. The topological polar surface area (TPSA) is 105 Å². The van der Waals surface area contributed by atoms with E-state index in [4.69, 9.17) is 15.1 Å². The van der Waals surface area contributed by atoms with Gasteiger partial charge in [-0.15, -0.1) is 10.2 Å². The number of rotatable bonds is 5. The van der Waals surface area contributed by atoms with Gasteiger partial charge in [-0.25, -0.2) is 4.68 Å². The molecule has 132 valence electrons. The number of methoxy groups -OCH3 is 1. The summed E-state index contributed by atoms with van der Waals surface area (Å²) >= 11 is 0.911. The highest BCUT2D eigenvalue weighted by molar-refractivity contribution is 7.98. The van der Waals surface area contributed by atoms with Crippen LogP contribution in [0.4, 0.5) is 13.2 Å². The Morgan fingerprint density at radius 2 is 1.96 bits per heavy atom. The van der Waals surface area contributed by atoms with E-state index in [-0.39, 0.29) is 22.6 Å². The lowest BCUT2D eigenvalue weighted by atomic mass is 10.2. The number of hydrogen-bond acceptors (Lipinski definition) is 8. The second kappa shape index (κ2) is 6.63. The summed E-state index contributed by atoms with van der Waals surface area (Å²) in [6.07, 6.45) is -4.67. The van der Waals surface area contributed by atoms with Gasteiger partial charge in [-0.05, 0) is 24.3 Å². The van der Waals surface area contributed by atoms with Crippen molar-refractivity contribution in [3.05, 3.63) is 35.9 Å². The highest BCUT2D eigenvalue weighted by Crippen LogP contribution is 2.30. The van der Waals surface area contributed by atoms with Crippen molar-refractivity contribution in [3.63, 3.8) is 0 Å². The Balaban J connectivity index is 1.69. The van der Waals surface area contributed by atoms with Crippen LogP contribution in [0.5, 0.6) is 5.75 Å². The molecule has 0 atom stereocenters. The molecule has 2 heterocycles. The van der Waals surface area contributed by atoms with Gasteiger partial charge in [0, 0.05) is 5.56 Å². The van der Waals surface area contributed by atoms with Crippen molar-refractivity contribution in [2.75, 3.05) is 13.0 Å². The van der Waals surface area contributed by atoms with Gasteiger partial charge in [0.1, 0.15) is 5.75 Å². The summed E-state index contributed by atoms with van der Waals surface area (Å²) in [4.78, 5) is 4.18. The van der Waals surface area contributed by atoms with Crippen LogP contribution in [0.3, 0.4) is 0 Å². The maximum Gasteiger partial charge on any atom is 0.453 e. The zero-order valence-corrected chi connectivity index (χ0v) is 13.5. The van der Waals surface area contributed by atoms with Gasteiger partial charge in [-0.3, -0.25) is 0 Å². The molecule has 1 aromatic carbocycles. The molecule has 0 aliphatic carbocycles. The van der Waals surface area contributed by atoms with E-state index in [2.05, 4.69) is 20.3 Å². The summed E-state index contributed by atoms with van der Waals surface area (Å²) in [5.74, 6) is 5.44. The molecule has 0 aliphatic rings. The summed E-state index contributed by atoms with van der Waals surface area (Å²) in [6.45, 7) is 0. The minimum atomic E-state index is -4.67. The van der Waals surface area contributed by atoms with E-state index >= 15 is 0 Å². The van der Waals surface area contributed by atoms with Gasteiger partial charge in [0.25, 0.3) is 11.7 Å². The number of nitrogens with zero attached hydrogens (tertiary/aromatic N) is 5. The molecule has 0 aliphatic heterocycles. The first-order valence-corrected chi connectivity index (χ1v) is 7.74. The molecule has 0 bridgehead atoms. The summed E-state index contributed by atoms with van der Waals surface area (Å²) < 4.78 is 48.4. The fraction of sp³-hybridized carbons (Fsp3) is 0.231. The zero-order chi connectivity index (χ0) is 18.0. The highest BCUT2D eigenvalue weighted by atomic mass is 32.2. The van der Waals surface area contributed by atoms with Gasteiger partial charge in [-0.1, -0.05) is 16.9 Å². The number of thioether (sulfide) groups is 1. The molecule has 0 fully saturated rings. The molecule has 3 aromatic rings. The first-order valence-electron chi connectivity index (χ1n) is 6.76. The Bertz CT molecular complexity index is 862. The molecule has 0 amide bonds. The monoisotopic (exact) mass is 372 g/mol. The van der Waals surface area contributed by atoms with Crippen LogP contribution in [-0.2, 0) is 11.9 Å². The van der Waals surface area contributed by atoms with E-state index in [0.717, 1.165) is 11.8 Å². The van der Waals surface area contributed by atoms with E-state index in [9.17, 15) is 13.2 Å². The second-order valence-corrected chi connectivity index (χ2v) is 5.65. The number of halogens is 3. The highest BCUT2D eigenvalue weighted by Gasteiger charge is 2.38. The normalized spacial score (nSPS) is 11.7. The van der Waals surface area contributed by atoms with Crippen LogP contribution in [-0.4, -0.2) is 32.1 Å². The van der Waals surface area contributed by atoms with E-state index in [1.807, 2.05) is 0 Å². The van der Waals surface area contributed by atoms with Gasteiger partial charge < -0.3 is 15.1 Å². The molecule has 25 heavy (non-hydrogen) atoms. The first kappa shape index (κ1) is 17.1. The predicted octanol–water partition coefficient (Wildman–Crippen LogP) is 2.36. The Morgan fingerprint density at radius 1 is 1.24 bits per heavy atom. The lowest BCUT2D eigenvalue weighted by Gasteiger charge is -2.05. The smallest absolute Gasteiger partial charge is 0.453 e. The molecule has 2 aromatic heterocycles. The van der Waals surface area contributed by atoms with Crippen molar-refractivity contribution in [3.8, 4) is 17.2 Å². The van der Waals surface area contributed by atoms with Crippen molar-refractivity contribution >= 4 is 11.8 Å². The number of nitrogens with two attached hydrogens (primary N) is 1. The molecule has 0 radical (unpaired) electrons. The van der Waals surface area contributed by atoms with Crippen LogP contribution in [0.15, 0.2) is 33.9 Å². The van der Waals surface area contributed by atoms with Crippen LogP contribution in [0.25, 0.3) is 11.5 Å². The Kier molecular flexibility index (Phi) is 4.53. The van der Waals surface area contributed by atoms with Gasteiger partial charge >= 0.3 is 6.18 Å². The third-order valence-corrected chi connectivity index (χ3v) is 3.99. The lowest BCUT2D eigenvalue weighted by molar-refractivity contribution is -0.146. The Labute approximate surface area is 143 Å². The number of aromatic nitrogens is 5. The molecule has 12 heteroatoms. The van der Waals surface area contributed by atoms with Crippen molar-refractivity contribution in [2.45, 2.75) is 17.1 Å². The largest absolute Gasteiger partial charge is 0.497 e. The standard InChI is InChI=1S/C13H11F3N6O2S/c1-23-8-4-2-7(3-5-8)10-18-9(21-24-10)6-25-12-20-19-11(22(12)17)13(14,15)16/h2-5H,6,17H2,1H3. The SMILES string of the molecule is COc1ccc(-c2nc(CSc3nnc(C(F)(F)F)n3N)no2)cc1. The number of nitrogen functional groups attached to an aromatic ring is 1. The van der Waals surface area contributed by atoms with Gasteiger partial charge in [0.15, 0.2) is 5.82 Å². The van der Waals surface area contributed by atoms with Crippen molar-refractivity contribution in [2.24, 2.45) is 0 Å². The van der Waals surface area contributed by atoms with Crippen molar-refractivity contribution in [1.29, 1.82) is 0 Å². The quantitative estimate of drug-likeness (QED) is 0.538. The maximum atomic E-state index is 12.6. The molecule has 8 nitrogen and oxygen atoms in total. The second-order valence-electron chi connectivity index (χ2n) is 4.71. The van der Waals surface area contributed by atoms with Gasteiger partial charge in [0.05, 0.1) is 12.9 Å². The van der Waals surface area contributed by atoms with Crippen LogP contribution < -0.4 is 10.6 Å². The molecule has 0 saturated heterocycles.